The Morgan fingerprint density at radius 2 is 1.06 bits per heavy atom. The minimum Gasteiger partial charge on any atom is -0.661 e. The normalized spacial score (nSPS) is 12.7. The number of hydrogen-bond donors (Lipinski definition) is 1. The van der Waals surface area contributed by atoms with E-state index in [-0.39, 0.29) is 18.9 Å². The maximum Gasteiger partial charge on any atom is 1.00 e. The van der Waals surface area contributed by atoms with E-state index in [2.05, 4.69) is 117 Å². The molecule has 0 fully saturated rings. The van der Waals surface area contributed by atoms with E-state index >= 15 is 0 Å². The van der Waals surface area contributed by atoms with Gasteiger partial charge in [0.1, 0.15) is 0 Å². The molecule has 0 bridgehead atoms. The van der Waals surface area contributed by atoms with Gasteiger partial charge in [-0.25, -0.2) is 4.99 Å². The van der Waals surface area contributed by atoms with E-state index in [9.17, 15) is 0 Å². The Balaban J connectivity index is 0.00000512. The molecule has 0 heterocycles. The fourth-order valence-electron chi connectivity index (χ4n) is 4.09. The third kappa shape index (κ3) is 7.13. The van der Waals surface area contributed by atoms with E-state index in [0.717, 1.165) is 17.1 Å². The number of nitrogens with zero attached hydrogens (tertiary/aromatic N) is 1. The zero-order valence-corrected chi connectivity index (χ0v) is 22.3. The van der Waals surface area contributed by atoms with Crippen LogP contribution in [0, 0.1) is 0 Å². The molecule has 0 radical (unpaired) electrons. The van der Waals surface area contributed by atoms with Gasteiger partial charge in [-0.3, -0.25) is 0 Å². The summed E-state index contributed by atoms with van der Waals surface area (Å²) in [6.45, 7) is 22.2. The third-order valence-corrected chi connectivity index (χ3v) is 5.75. The van der Waals surface area contributed by atoms with Crippen LogP contribution in [0.2, 0.25) is 0 Å². The molecule has 0 aliphatic rings. The fraction of sp³-hybridized carbons (Fsp3) is 0.483. The molecule has 2 nitrogen and oxygen atoms in total. The van der Waals surface area contributed by atoms with Gasteiger partial charge in [0.15, 0.2) is 5.71 Å². The Morgan fingerprint density at radius 1 is 0.688 bits per heavy atom. The van der Waals surface area contributed by atoms with Crippen molar-refractivity contribution in [2.75, 3.05) is 0 Å². The van der Waals surface area contributed by atoms with Crippen LogP contribution in [0.5, 0.6) is 0 Å². The molecule has 0 aliphatic carbocycles. The van der Waals surface area contributed by atoms with Gasteiger partial charge in [-0.2, -0.15) is 5.70 Å². The monoisotopic (exact) mass is 425 g/mol. The molecular weight excluding hydrogens is 383 g/mol. The van der Waals surface area contributed by atoms with Crippen LogP contribution in [0.1, 0.15) is 115 Å². The van der Waals surface area contributed by atoms with Gasteiger partial charge in [0.25, 0.3) is 0 Å². The van der Waals surface area contributed by atoms with Crippen molar-refractivity contribution >= 4 is 17.1 Å². The van der Waals surface area contributed by atoms with Crippen molar-refractivity contribution in [2.45, 2.75) is 92.9 Å². The SMILES string of the molecule is CC(/C=C(/C)[N-]c1c(C(C)C)cccc1C(C)C)=[NH+]c1c(C(C)C)cccc1C(C)C.[Li+]. The Labute approximate surface area is 209 Å². The fourth-order valence-corrected chi connectivity index (χ4v) is 4.09. The van der Waals surface area contributed by atoms with Gasteiger partial charge in [-0.1, -0.05) is 110 Å². The van der Waals surface area contributed by atoms with Gasteiger partial charge in [0.05, 0.1) is 0 Å². The predicted octanol–water partition coefficient (Wildman–Crippen LogP) is 4.97. The zero-order chi connectivity index (χ0) is 23.3. The van der Waals surface area contributed by atoms with E-state index in [1.165, 1.54) is 27.9 Å². The first-order valence-corrected chi connectivity index (χ1v) is 11.8. The van der Waals surface area contributed by atoms with Crippen LogP contribution >= 0.6 is 0 Å². The Morgan fingerprint density at radius 3 is 1.44 bits per heavy atom. The van der Waals surface area contributed by atoms with Crippen molar-refractivity contribution < 1.29 is 23.9 Å². The summed E-state index contributed by atoms with van der Waals surface area (Å²) < 4.78 is 0. The van der Waals surface area contributed by atoms with Crippen molar-refractivity contribution in [3.63, 3.8) is 0 Å². The molecule has 1 N–H and O–H groups in total. The summed E-state index contributed by atoms with van der Waals surface area (Å²) >= 11 is 0. The van der Waals surface area contributed by atoms with Gasteiger partial charge in [-0.05, 0) is 29.7 Å². The summed E-state index contributed by atoms with van der Waals surface area (Å²) in [5, 5.41) is 5.10. The number of benzene rings is 2. The summed E-state index contributed by atoms with van der Waals surface area (Å²) in [5.41, 5.74) is 9.88. The Bertz CT molecular complexity index is 897. The standard InChI is InChI=1S/C29H41N2.Li/c1-18(2)24-13-11-14-25(19(3)4)28(24)30-22(9)17-23(10)31-29-26(20(5)6)15-12-16-27(29)21(7)8;/h11-21H,1-10H3;/q-1;+1/p+1/b22-17-,31-23?;. The quantitative estimate of drug-likeness (QED) is 0.457. The average molecular weight is 426 g/mol. The first kappa shape index (κ1) is 28.3. The van der Waals surface area contributed by atoms with Gasteiger partial charge in [-0.15, -0.1) is 5.69 Å². The topological polar surface area (TPSA) is 28.1 Å². The molecule has 0 aromatic heterocycles. The minimum atomic E-state index is 0. The van der Waals surface area contributed by atoms with E-state index in [0.29, 0.717) is 23.7 Å². The van der Waals surface area contributed by atoms with E-state index in [1.54, 1.807) is 0 Å². The number of para-hydroxylation sites is 2. The second-order valence-corrected chi connectivity index (χ2v) is 9.92. The van der Waals surface area contributed by atoms with Crippen molar-refractivity contribution in [2.24, 2.45) is 0 Å². The molecule has 0 amide bonds. The Hall–Kier alpha value is -1.75. The molecule has 0 saturated heterocycles. The number of nitrogens with one attached hydrogen (secondary N) is 1. The molecule has 0 unspecified atom stereocenters. The maximum atomic E-state index is 5.10. The molecule has 32 heavy (non-hydrogen) atoms. The van der Waals surface area contributed by atoms with Crippen LogP contribution in [-0.4, -0.2) is 5.71 Å². The molecule has 0 spiro atoms. The molecule has 0 aliphatic heterocycles. The average Bonchev–Trinajstić information content (AvgIpc) is 2.67. The van der Waals surface area contributed by atoms with Crippen LogP contribution in [0.4, 0.5) is 11.4 Å². The summed E-state index contributed by atoms with van der Waals surface area (Å²) in [6, 6.07) is 13.2. The van der Waals surface area contributed by atoms with Crippen LogP contribution < -0.4 is 23.9 Å². The van der Waals surface area contributed by atoms with Gasteiger partial charge < -0.3 is 5.32 Å². The van der Waals surface area contributed by atoms with Gasteiger partial charge in [0, 0.05) is 18.1 Å². The maximum absolute atomic E-state index is 5.10. The summed E-state index contributed by atoms with van der Waals surface area (Å²) in [5.74, 6) is 1.82. The van der Waals surface area contributed by atoms with Crippen LogP contribution in [0.15, 0.2) is 48.2 Å². The molecule has 2 rings (SSSR count). The molecule has 0 atom stereocenters. The number of rotatable bonds is 8. The number of allylic oxidation sites excluding steroid dienone is 2. The van der Waals surface area contributed by atoms with Gasteiger partial charge in [0.2, 0.25) is 5.69 Å². The molecule has 0 saturated carbocycles. The summed E-state index contributed by atoms with van der Waals surface area (Å²) in [6.07, 6.45) is 2.17. The van der Waals surface area contributed by atoms with Crippen LogP contribution in [0.25, 0.3) is 5.32 Å². The first-order chi connectivity index (χ1) is 14.5. The molecule has 168 valence electrons. The van der Waals surface area contributed by atoms with Crippen LogP contribution in [0.3, 0.4) is 0 Å². The molecule has 2 aromatic rings. The first-order valence-electron chi connectivity index (χ1n) is 11.8. The molecule has 3 heteroatoms. The molecule has 2 aromatic carbocycles. The smallest absolute Gasteiger partial charge is 0.661 e. The van der Waals surface area contributed by atoms with Crippen LogP contribution in [-0.2, 0) is 0 Å². The second kappa shape index (κ2) is 12.5. The minimum absolute atomic E-state index is 0. The van der Waals surface area contributed by atoms with Gasteiger partial charge >= 0.3 is 18.9 Å². The van der Waals surface area contributed by atoms with E-state index in [4.69, 9.17) is 5.32 Å². The van der Waals surface area contributed by atoms with Crippen molar-refractivity contribution in [3.05, 3.63) is 75.7 Å². The Kier molecular flexibility index (Phi) is 11.0. The van der Waals surface area contributed by atoms with Crippen molar-refractivity contribution in [1.29, 1.82) is 0 Å². The summed E-state index contributed by atoms with van der Waals surface area (Å²) in [7, 11) is 0. The van der Waals surface area contributed by atoms with E-state index in [1.807, 2.05) is 0 Å². The van der Waals surface area contributed by atoms with Crippen molar-refractivity contribution in [3.8, 4) is 0 Å². The number of hydrogen-bond acceptors (Lipinski definition) is 0. The van der Waals surface area contributed by atoms with Crippen molar-refractivity contribution in [1.82, 2.24) is 0 Å². The largest absolute Gasteiger partial charge is 1.00 e. The zero-order valence-electron chi connectivity index (χ0n) is 22.3. The third-order valence-electron chi connectivity index (χ3n) is 5.75. The summed E-state index contributed by atoms with van der Waals surface area (Å²) in [4.78, 5) is 3.71. The predicted molar refractivity (Wildman–Crippen MR) is 137 cm³/mol. The second-order valence-electron chi connectivity index (χ2n) is 9.92. The van der Waals surface area contributed by atoms with E-state index < -0.39 is 0 Å². The molecular formula is C29H42LiN2+.